The van der Waals surface area contributed by atoms with Gasteiger partial charge in [0, 0.05) is 13.6 Å². The first-order valence-corrected chi connectivity index (χ1v) is 10.2. The second kappa shape index (κ2) is 10.6. The summed E-state index contributed by atoms with van der Waals surface area (Å²) < 4.78 is 0. The molecule has 2 atom stereocenters. The number of likely N-dealkylation sites (tertiary alicyclic amines) is 1. The summed E-state index contributed by atoms with van der Waals surface area (Å²) in [5.41, 5.74) is 5.62. The maximum Gasteiger partial charge on any atom is 0.245 e. The summed E-state index contributed by atoms with van der Waals surface area (Å²) in [4.78, 5) is 41.1. The lowest BCUT2D eigenvalue weighted by Crippen LogP contribution is -2.59. The van der Waals surface area contributed by atoms with Crippen molar-refractivity contribution in [1.29, 1.82) is 0 Å². The van der Waals surface area contributed by atoms with E-state index >= 15 is 0 Å². The summed E-state index contributed by atoms with van der Waals surface area (Å²) in [7, 11) is 3.33. The molecule has 2 aliphatic rings. The monoisotopic (exact) mass is 381 g/mol. The second-order valence-corrected chi connectivity index (χ2v) is 7.85. The van der Waals surface area contributed by atoms with E-state index in [0.717, 1.165) is 58.0 Å². The average Bonchev–Trinajstić information content (AvgIpc) is 3.17. The summed E-state index contributed by atoms with van der Waals surface area (Å²) in [5.74, 6) is -0.809. The molecule has 0 aromatic heterocycles. The zero-order chi connectivity index (χ0) is 19.8. The Morgan fingerprint density at radius 3 is 2.30 bits per heavy atom. The van der Waals surface area contributed by atoms with Crippen LogP contribution in [0.4, 0.5) is 0 Å². The van der Waals surface area contributed by atoms with Gasteiger partial charge in [0.2, 0.25) is 17.7 Å². The number of nitrogens with zero attached hydrogens (tertiary/aromatic N) is 2. The van der Waals surface area contributed by atoms with Gasteiger partial charge in [-0.3, -0.25) is 14.4 Å². The molecule has 0 aromatic carbocycles. The molecule has 4 N–H and O–H groups in total. The largest absolute Gasteiger partial charge is 0.368 e. The summed E-state index contributed by atoms with van der Waals surface area (Å²) in [5, 5.41) is 5.71. The van der Waals surface area contributed by atoms with E-state index in [0.29, 0.717) is 6.54 Å². The Morgan fingerprint density at radius 1 is 1.11 bits per heavy atom. The predicted octanol–water partition coefficient (Wildman–Crippen LogP) is -0.321. The van der Waals surface area contributed by atoms with Gasteiger partial charge in [-0.05, 0) is 51.7 Å². The molecule has 1 saturated carbocycles. The maximum atomic E-state index is 13.3. The zero-order valence-corrected chi connectivity index (χ0v) is 16.7. The minimum Gasteiger partial charge on any atom is -0.368 e. The Morgan fingerprint density at radius 2 is 1.74 bits per heavy atom. The third-order valence-electron chi connectivity index (χ3n) is 5.81. The number of rotatable bonds is 9. The molecule has 1 aliphatic heterocycles. The van der Waals surface area contributed by atoms with Crippen molar-refractivity contribution in [3.8, 4) is 0 Å². The molecule has 0 aromatic rings. The lowest BCUT2D eigenvalue weighted by molar-refractivity contribution is -0.143. The van der Waals surface area contributed by atoms with Crippen LogP contribution in [-0.2, 0) is 14.4 Å². The lowest BCUT2D eigenvalue weighted by Gasteiger charge is -2.36. The van der Waals surface area contributed by atoms with Crippen molar-refractivity contribution in [3.63, 3.8) is 0 Å². The van der Waals surface area contributed by atoms with E-state index < -0.39 is 18.0 Å². The minimum absolute atomic E-state index is 0.106. The number of hydrogen-bond donors (Lipinski definition) is 3. The first kappa shape index (κ1) is 21.6. The molecule has 0 bridgehead atoms. The van der Waals surface area contributed by atoms with Crippen LogP contribution in [0.25, 0.3) is 0 Å². The van der Waals surface area contributed by atoms with Gasteiger partial charge in [0.15, 0.2) is 0 Å². The van der Waals surface area contributed by atoms with Gasteiger partial charge in [-0.15, -0.1) is 0 Å². The van der Waals surface area contributed by atoms with Gasteiger partial charge in [-0.1, -0.05) is 19.3 Å². The predicted molar refractivity (Wildman–Crippen MR) is 104 cm³/mol. The van der Waals surface area contributed by atoms with Crippen molar-refractivity contribution in [2.45, 2.75) is 57.0 Å². The standard InChI is InChI=1S/C19H35N5O3/c1-21-12-16(25)22-17(14-8-4-3-5-9-14)19(27)23(2)15(18(20)26)13-24-10-6-7-11-24/h14-15,17,21H,3-13H2,1-2H3,(H2,20,26)(H,22,25). The molecule has 1 heterocycles. The van der Waals surface area contributed by atoms with Gasteiger partial charge in [-0.2, -0.15) is 0 Å². The van der Waals surface area contributed by atoms with Crippen molar-refractivity contribution < 1.29 is 14.4 Å². The number of primary amides is 1. The van der Waals surface area contributed by atoms with Crippen LogP contribution in [0.3, 0.4) is 0 Å². The SMILES string of the molecule is CNCC(=O)NC(C(=O)N(C)C(CN1CCCC1)C(N)=O)C1CCCCC1. The summed E-state index contributed by atoms with van der Waals surface area (Å²) >= 11 is 0. The fraction of sp³-hybridized carbons (Fsp3) is 0.842. The molecule has 1 aliphatic carbocycles. The van der Waals surface area contributed by atoms with Gasteiger partial charge < -0.3 is 26.2 Å². The molecule has 0 spiro atoms. The fourth-order valence-corrected chi connectivity index (χ4v) is 4.22. The molecule has 2 rings (SSSR count). The van der Waals surface area contributed by atoms with Gasteiger partial charge >= 0.3 is 0 Å². The molecule has 154 valence electrons. The summed E-state index contributed by atoms with van der Waals surface area (Å²) in [6.45, 7) is 2.47. The number of nitrogens with one attached hydrogen (secondary N) is 2. The van der Waals surface area contributed by atoms with Gasteiger partial charge in [0.25, 0.3) is 0 Å². The molecular weight excluding hydrogens is 346 g/mol. The van der Waals surface area contributed by atoms with E-state index in [2.05, 4.69) is 15.5 Å². The molecule has 0 radical (unpaired) electrons. The van der Waals surface area contributed by atoms with Crippen LogP contribution in [0.1, 0.15) is 44.9 Å². The van der Waals surface area contributed by atoms with Crippen molar-refractivity contribution in [3.05, 3.63) is 0 Å². The first-order chi connectivity index (χ1) is 12.9. The van der Waals surface area contributed by atoms with Crippen LogP contribution < -0.4 is 16.4 Å². The van der Waals surface area contributed by atoms with Crippen molar-refractivity contribution in [2.24, 2.45) is 11.7 Å². The smallest absolute Gasteiger partial charge is 0.245 e. The minimum atomic E-state index is -0.678. The van der Waals surface area contributed by atoms with Crippen LogP contribution >= 0.6 is 0 Å². The van der Waals surface area contributed by atoms with E-state index in [1.54, 1.807) is 14.1 Å². The number of nitrogens with two attached hydrogens (primary N) is 1. The number of likely N-dealkylation sites (N-methyl/N-ethyl adjacent to an activating group) is 2. The Hall–Kier alpha value is -1.67. The van der Waals surface area contributed by atoms with Crippen LogP contribution in [0.15, 0.2) is 0 Å². The highest BCUT2D eigenvalue weighted by atomic mass is 16.2. The Bertz CT molecular complexity index is 515. The van der Waals surface area contributed by atoms with Crippen LogP contribution in [0, 0.1) is 5.92 Å². The van der Waals surface area contributed by atoms with Crippen LogP contribution in [0.2, 0.25) is 0 Å². The van der Waals surface area contributed by atoms with E-state index in [1.807, 2.05) is 0 Å². The molecule has 27 heavy (non-hydrogen) atoms. The van der Waals surface area contributed by atoms with E-state index in [-0.39, 0.29) is 24.3 Å². The third-order valence-corrected chi connectivity index (χ3v) is 5.81. The number of carbonyl (C=O) groups is 3. The molecular formula is C19H35N5O3. The number of hydrogen-bond acceptors (Lipinski definition) is 5. The van der Waals surface area contributed by atoms with E-state index in [9.17, 15) is 14.4 Å². The number of amides is 3. The molecule has 2 unspecified atom stereocenters. The highest BCUT2D eigenvalue weighted by Gasteiger charge is 2.37. The molecule has 3 amide bonds. The zero-order valence-electron chi connectivity index (χ0n) is 16.7. The first-order valence-electron chi connectivity index (χ1n) is 10.2. The maximum absolute atomic E-state index is 13.3. The molecule has 8 nitrogen and oxygen atoms in total. The Kier molecular flexibility index (Phi) is 8.50. The fourth-order valence-electron chi connectivity index (χ4n) is 4.22. The van der Waals surface area contributed by atoms with Crippen molar-refractivity contribution in [2.75, 3.05) is 40.3 Å². The molecule has 1 saturated heterocycles. The van der Waals surface area contributed by atoms with E-state index in [1.165, 1.54) is 4.90 Å². The molecule has 2 fully saturated rings. The highest BCUT2D eigenvalue weighted by Crippen LogP contribution is 2.27. The van der Waals surface area contributed by atoms with Gasteiger partial charge in [0.05, 0.1) is 6.54 Å². The number of carbonyl (C=O) groups excluding carboxylic acids is 3. The summed E-state index contributed by atoms with van der Waals surface area (Å²) in [6, 6.07) is -1.28. The van der Waals surface area contributed by atoms with Gasteiger partial charge in [-0.25, -0.2) is 0 Å². The topological polar surface area (TPSA) is 108 Å². The lowest BCUT2D eigenvalue weighted by atomic mass is 9.83. The normalized spacial score (nSPS) is 20.8. The quantitative estimate of drug-likeness (QED) is 0.507. The Labute approximate surface area is 162 Å². The third kappa shape index (κ3) is 6.17. The van der Waals surface area contributed by atoms with Gasteiger partial charge in [0.1, 0.15) is 12.1 Å². The second-order valence-electron chi connectivity index (χ2n) is 7.85. The highest BCUT2D eigenvalue weighted by molar-refractivity contribution is 5.92. The average molecular weight is 382 g/mol. The summed E-state index contributed by atoms with van der Waals surface area (Å²) in [6.07, 6.45) is 7.33. The molecule has 8 heteroatoms. The van der Waals surface area contributed by atoms with Crippen LogP contribution in [-0.4, -0.2) is 79.9 Å². The van der Waals surface area contributed by atoms with Crippen molar-refractivity contribution in [1.82, 2.24) is 20.4 Å². The van der Waals surface area contributed by atoms with E-state index in [4.69, 9.17) is 5.73 Å². The van der Waals surface area contributed by atoms with Crippen molar-refractivity contribution >= 4 is 17.7 Å². The van der Waals surface area contributed by atoms with Crippen LogP contribution in [0.5, 0.6) is 0 Å². The Balaban J connectivity index is 2.11.